The average molecular weight is 373 g/mol. The number of nitrogens with zero attached hydrogens (tertiary/aromatic N) is 3. The minimum Gasteiger partial charge on any atom is -0.465 e. The number of carbonyl (C=O) groups is 2. The smallest absolute Gasteiger partial charge is 0.339 e. The van der Waals surface area contributed by atoms with Gasteiger partial charge in [0.1, 0.15) is 6.07 Å². The first kappa shape index (κ1) is 18.5. The summed E-state index contributed by atoms with van der Waals surface area (Å²) in [5.74, 6) is -0.695. The first-order valence-electron chi connectivity index (χ1n) is 8.21. The first-order chi connectivity index (χ1) is 13.6. The van der Waals surface area contributed by atoms with Crippen LogP contribution in [0.5, 0.6) is 0 Å². The SMILES string of the molecule is COC(=O)c1ccccc1NC(=O)c1ccc(Nc2ccccc2C#N)nn1. The van der Waals surface area contributed by atoms with Crippen LogP contribution in [0, 0.1) is 11.3 Å². The topological polar surface area (TPSA) is 117 Å². The van der Waals surface area contributed by atoms with Gasteiger partial charge in [-0.05, 0) is 36.4 Å². The van der Waals surface area contributed by atoms with Crippen LogP contribution in [0.25, 0.3) is 0 Å². The molecule has 2 N–H and O–H groups in total. The summed E-state index contributed by atoms with van der Waals surface area (Å²) in [7, 11) is 1.27. The molecule has 8 heteroatoms. The highest BCUT2D eigenvalue weighted by molar-refractivity contribution is 6.07. The van der Waals surface area contributed by atoms with Crippen molar-refractivity contribution < 1.29 is 14.3 Å². The van der Waals surface area contributed by atoms with Crippen molar-refractivity contribution in [1.29, 1.82) is 5.26 Å². The van der Waals surface area contributed by atoms with Gasteiger partial charge in [-0.3, -0.25) is 4.79 Å². The molecule has 28 heavy (non-hydrogen) atoms. The molecule has 8 nitrogen and oxygen atoms in total. The summed E-state index contributed by atoms with van der Waals surface area (Å²) in [4.78, 5) is 24.2. The Balaban J connectivity index is 1.75. The Morgan fingerprint density at radius 2 is 1.68 bits per heavy atom. The Morgan fingerprint density at radius 3 is 2.36 bits per heavy atom. The predicted octanol–water partition coefficient (Wildman–Crippen LogP) is 3.13. The molecule has 0 radical (unpaired) electrons. The molecule has 1 heterocycles. The number of hydrogen-bond donors (Lipinski definition) is 2. The molecule has 3 rings (SSSR count). The van der Waals surface area contributed by atoms with E-state index in [0.717, 1.165) is 0 Å². The van der Waals surface area contributed by atoms with Crippen LogP contribution in [0.1, 0.15) is 26.4 Å². The Hall–Kier alpha value is -4.25. The number of methoxy groups -OCH3 is 1. The average Bonchev–Trinajstić information content (AvgIpc) is 2.74. The number of amides is 1. The van der Waals surface area contributed by atoms with Crippen molar-refractivity contribution >= 4 is 29.1 Å². The molecule has 0 spiro atoms. The fourth-order valence-electron chi connectivity index (χ4n) is 2.41. The van der Waals surface area contributed by atoms with Crippen LogP contribution in [-0.2, 0) is 4.74 Å². The molecule has 0 atom stereocenters. The number of nitriles is 1. The summed E-state index contributed by atoms with van der Waals surface area (Å²) in [6.45, 7) is 0. The molecule has 0 saturated heterocycles. The van der Waals surface area contributed by atoms with Crippen LogP contribution in [0.3, 0.4) is 0 Å². The molecule has 2 aromatic carbocycles. The molecule has 3 aromatic rings. The van der Waals surface area contributed by atoms with Crippen molar-refractivity contribution in [1.82, 2.24) is 10.2 Å². The Morgan fingerprint density at radius 1 is 0.964 bits per heavy atom. The molecule has 0 bridgehead atoms. The van der Waals surface area contributed by atoms with Crippen molar-refractivity contribution in [3.05, 3.63) is 77.5 Å². The van der Waals surface area contributed by atoms with Gasteiger partial charge in [0.05, 0.1) is 29.6 Å². The molecule has 1 amide bonds. The van der Waals surface area contributed by atoms with Crippen molar-refractivity contribution in [2.24, 2.45) is 0 Å². The molecule has 0 fully saturated rings. The summed E-state index contributed by atoms with van der Waals surface area (Å²) < 4.78 is 4.71. The van der Waals surface area contributed by atoms with E-state index >= 15 is 0 Å². The fourth-order valence-corrected chi connectivity index (χ4v) is 2.41. The second-order valence-corrected chi connectivity index (χ2v) is 5.58. The number of esters is 1. The maximum atomic E-state index is 12.4. The van der Waals surface area contributed by atoms with Gasteiger partial charge in [0, 0.05) is 0 Å². The van der Waals surface area contributed by atoms with Gasteiger partial charge in [-0.2, -0.15) is 5.26 Å². The molecule has 0 saturated carbocycles. The Labute approximate surface area is 160 Å². The number of rotatable bonds is 5. The monoisotopic (exact) mass is 373 g/mol. The largest absolute Gasteiger partial charge is 0.465 e. The lowest BCUT2D eigenvalue weighted by atomic mass is 10.1. The summed E-state index contributed by atoms with van der Waals surface area (Å²) in [6.07, 6.45) is 0. The van der Waals surface area contributed by atoms with Crippen LogP contribution in [0.15, 0.2) is 60.7 Å². The summed E-state index contributed by atoms with van der Waals surface area (Å²) >= 11 is 0. The molecular formula is C20H15N5O3. The van der Waals surface area contributed by atoms with Crippen LogP contribution in [-0.4, -0.2) is 29.2 Å². The number of para-hydroxylation sites is 2. The molecule has 0 aliphatic heterocycles. The molecule has 0 aliphatic rings. The lowest BCUT2D eigenvalue weighted by Gasteiger charge is -2.10. The molecule has 0 unspecified atom stereocenters. The maximum Gasteiger partial charge on any atom is 0.339 e. The number of carbonyl (C=O) groups excluding carboxylic acids is 2. The third kappa shape index (κ3) is 4.11. The van der Waals surface area contributed by atoms with Crippen LogP contribution >= 0.6 is 0 Å². The molecule has 1 aromatic heterocycles. The van der Waals surface area contributed by atoms with Crippen LogP contribution in [0.2, 0.25) is 0 Å². The number of ether oxygens (including phenoxy) is 1. The van der Waals surface area contributed by atoms with Gasteiger partial charge in [-0.15, -0.1) is 10.2 Å². The van der Waals surface area contributed by atoms with E-state index in [4.69, 9.17) is 10.00 Å². The maximum absolute atomic E-state index is 12.4. The van der Waals surface area contributed by atoms with Gasteiger partial charge < -0.3 is 15.4 Å². The molecule has 138 valence electrons. The third-order valence-corrected chi connectivity index (χ3v) is 3.79. The van der Waals surface area contributed by atoms with E-state index in [9.17, 15) is 9.59 Å². The van der Waals surface area contributed by atoms with E-state index in [2.05, 4.69) is 26.9 Å². The van der Waals surface area contributed by atoms with Crippen LogP contribution in [0.4, 0.5) is 17.2 Å². The second-order valence-electron chi connectivity index (χ2n) is 5.58. The van der Waals surface area contributed by atoms with E-state index in [1.807, 2.05) is 0 Å². The van der Waals surface area contributed by atoms with Gasteiger partial charge in [0.15, 0.2) is 11.5 Å². The normalized spacial score (nSPS) is 9.86. The van der Waals surface area contributed by atoms with E-state index in [1.54, 1.807) is 54.6 Å². The highest BCUT2D eigenvalue weighted by Gasteiger charge is 2.15. The number of aromatic nitrogens is 2. The zero-order valence-corrected chi connectivity index (χ0v) is 14.8. The third-order valence-electron chi connectivity index (χ3n) is 3.79. The number of nitrogens with one attached hydrogen (secondary N) is 2. The second kappa shape index (κ2) is 8.42. The van der Waals surface area contributed by atoms with Gasteiger partial charge in [0.25, 0.3) is 5.91 Å². The van der Waals surface area contributed by atoms with E-state index in [1.165, 1.54) is 13.2 Å². The predicted molar refractivity (Wildman–Crippen MR) is 102 cm³/mol. The lowest BCUT2D eigenvalue weighted by Crippen LogP contribution is -2.17. The fraction of sp³-hybridized carbons (Fsp3) is 0.0500. The van der Waals surface area contributed by atoms with Gasteiger partial charge in [0.2, 0.25) is 0 Å². The summed E-state index contributed by atoms with van der Waals surface area (Å²) in [6, 6.07) is 18.6. The quantitative estimate of drug-likeness (QED) is 0.660. The molecular weight excluding hydrogens is 358 g/mol. The number of hydrogen-bond acceptors (Lipinski definition) is 7. The summed E-state index contributed by atoms with van der Waals surface area (Å²) in [5, 5.41) is 22.6. The Kier molecular flexibility index (Phi) is 5.58. The van der Waals surface area contributed by atoms with Gasteiger partial charge in [-0.25, -0.2) is 4.79 Å². The van der Waals surface area contributed by atoms with E-state index in [0.29, 0.717) is 22.8 Å². The highest BCUT2D eigenvalue weighted by atomic mass is 16.5. The molecule has 0 aliphatic carbocycles. The van der Waals surface area contributed by atoms with Crippen molar-refractivity contribution in [2.45, 2.75) is 0 Å². The van der Waals surface area contributed by atoms with E-state index in [-0.39, 0.29) is 11.3 Å². The van der Waals surface area contributed by atoms with Gasteiger partial charge >= 0.3 is 5.97 Å². The number of benzene rings is 2. The summed E-state index contributed by atoms with van der Waals surface area (Å²) in [5.41, 5.74) is 1.66. The van der Waals surface area contributed by atoms with Crippen molar-refractivity contribution in [2.75, 3.05) is 17.7 Å². The standard InChI is InChI=1S/C20H15N5O3/c1-28-20(27)14-7-3-5-9-16(14)23-19(26)17-10-11-18(25-24-17)22-15-8-4-2-6-13(15)12-21/h2-11H,1H3,(H,22,25)(H,23,26). The zero-order valence-electron chi connectivity index (χ0n) is 14.8. The van der Waals surface area contributed by atoms with E-state index < -0.39 is 11.9 Å². The lowest BCUT2D eigenvalue weighted by molar-refractivity contribution is 0.0602. The minimum atomic E-state index is -0.558. The Bertz CT molecular complexity index is 1060. The minimum absolute atomic E-state index is 0.0683. The highest BCUT2D eigenvalue weighted by Crippen LogP contribution is 2.19. The van der Waals surface area contributed by atoms with Crippen LogP contribution < -0.4 is 10.6 Å². The van der Waals surface area contributed by atoms with Gasteiger partial charge in [-0.1, -0.05) is 24.3 Å². The number of anilines is 3. The zero-order chi connectivity index (χ0) is 19.9. The first-order valence-corrected chi connectivity index (χ1v) is 8.21. The van der Waals surface area contributed by atoms with Crippen molar-refractivity contribution in [3.63, 3.8) is 0 Å². The van der Waals surface area contributed by atoms with Crippen molar-refractivity contribution in [3.8, 4) is 6.07 Å².